The summed E-state index contributed by atoms with van der Waals surface area (Å²) in [6.07, 6.45) is 2.83. The molecule has 9 heteroatoms. The standard InChI is InChI=1S/C21H25Cl2N3O3S/c1-15(2)30(28,29)26-11-8-21(9-12-26,19-5-3-4-10-24-19)14-25-20(27)17-7-6-16(22)13-18(17)23/h3-7,10,13,15H,8-9,11-12,14H2,1-2H3,(H,25,27). The first-order chi connectivity index (χ1) is 14.2. The molecule has 1 aliphatic heterocycles. The van der Waals surface area contributed by atoms with Crippen LogP contribution in [0.1, 0.15) is 42.7 Å². The van der Waals surface area contributed by atoms with Crippen molar-refractivity contribution in [3.8, 4) is 0 Å². The van der Waals surface area contributed by atoms with E-state index in [4.69, 9.17) is 23.2 Å². The topological polar surface area (TPSA) is 79.4 Å². The quantitative estimate of drug-likeness (QED) is 0.695. The van der Waals surface area contributed by atoms with Crippen molar-refractivity contribution in [3.05, 3.63) is 63.9 Å². The van der Waals surface area contributed by atoms with E-state index in [0.717, 1.165) is 5.69 Å². The first kappa shape index (κ1) is 23.0. The molecule has 162 valence electrons. The lowest BCUT2D eigenvalue weighted by atomic mass is 9.75. The molecule has 1 aromatic heterocycles. The summed E-state index contributed by atoms with van der Waals surface area (Å²) in [5, 5.41) is 3.24. The van der Waals surface area contributed by atoms with Crippen molar-refractivity contribution in [2.24, 2.45) is 0 Å². The van der Waals surface area contributed by atoms with E-state index >= 15 is 0 Å². The highest BCUT2D eigenvalue weighted by Crippen LogP contribution is 2.35. The summed E-state index contributed by atoms with van der Waals surface area (Å²) in [5.74, 6) is -0.302. The Morgan fingerprint density at radius 2 is 1.90 bits per heavy atom. The van der Waals surface area contributed by atoms with E-state index in [9.17, 15) is 13.2 Å². The summed E-state index contributed by atoms with van der Waals surface area (Å²) >= 11 is 12.1. The van der Waals surface area contributed by atoms with Crippen molar-refractivity contribution in [3.63, 3.8) is 0 Å². The maximum atomic E-state index is 12.7. The number of amides is 1. The third-order valence-electron chi connectivity index (χ3n) is 5.61. The molecule has 1 N–H and O–H groups in total. The second-order valence-corrected chi connectivity index (χ2v) is 11.1. The summed E-state index contributed by atoms with van der Waals surface area (Å²) in [7, 11) is -3.32. The van der Waals surface area contributed by atoms with E-state index in [0.29, 0.717) is 43.1 Å². The zero-order chi connectivity index (χ0) is 21.9. The fourth-order valence-electron chi connectivity index (χ4n) is 3.69. The van der Waals surface area contributed by atoms with Crippen LogP contribution in [-0.2, 0) is 15.4 Å². The second kappa shape index (κ2) is 9.22. The molecule has 1 aliphatic rings. The number of nitrogens with one attached hydrogen (secondary N) is 1. The molecule has 2 heterocycles. The van der Waals surface area contributed by atoms with Gasteiger partial charge in [0.05, 0.1) is 15.8 Å². The van der Waals surface area contributed by atoms with Gasteiger partial charge in [-0.1, -0.05) is 29.3 Å². The zero-order valence-corrected chi connectivity index (χ0v) is 19.3. The fraction of sp³-hybridized carbons (Fsp3) is 0.429. The van der Waals surface area contributed by atoms with Crippen LogP contribution in [0, 0.1) is 0 Å². The highest BCUT2D eigenvalue weighted by atomic mass is 35.5. The van der Waals surface area contributed by atoms with Crippen LogP contribution in [0.4, 0.5) is 0 Å². The SMILES string of the molecule is CC(C)S(=O)(=O)N1CCC(CNC(=O)c2ccc(Cl)cc2Cl)(c2ccccn2)CC1. The molecule has 0 bridgehead atoms. The highest BCUT2D eigenvalue weighted by Gasteiger charge is 2.41. The van der Waals surface area contributed by atoms with Gasteiger partial charge in [-0.3, -0.25) is 9.78 Å². The minimum atomic E-state index is -3.32. The number of halogens is 2. The Morgan fingerprint density at radius 3 is 2.47 bits per heavy atom. The molecule has 1 aromatic carbocycles. The summed E-state index contributed by atoms with van der Waals surface area (Å²) in [6, 6.07) is 10.4. The number of rotatable bonds is 6. The lowest BCUT2D eigenvalue weighted by molar-refractivity contribution is 0.0932. The first-order valence-electron chi connectivity index (χ1n) is 9.79. The van der Waals surface area contributed by atoms with Crippen LogP contribution < -0.4 is 5.32 Å². The third kappa shape index (κ3) is 4.80. The van der Waals surface area contributed by atoms with E-state index < -0.39 is 20.7 Å². The van der Waals surface area contributed by atoms with Gasteiger partial charge in [0.15, 0.2) is 0 Å². The van der Waals surface area contributed by atoms with Gasteiger partial charge in [-0.25, -0.2) is 12.7 Å². The lowest BCUT2D eigenvalue weighted by Gasteiger charge is -2.41. The van der Waals surface area contributed by atoms with Gasteiger partial charge in [-0.2, -0.15) is 0 Å². The Hall–Kier alpha value is -1.67. The van der Waals surface area contributed by atoms with E-state index in [-0.39, 0.29) is 10.9 Å². The number of hydrogen-bond acceptors (Lipinski definition) is 4. The van der Waals surface area contributed by atoms with Crippen molar-refractivity contribution in [1.29, 1.82) is 0 Å². The minimum absolute atomic E-state index is 0.282. The molecular formula is C21H25Cl2N3O3S. The smallest absolute Gasteiger partial charge is 0.252 e. The van der Waals surface area contributed by atoms with E-state index in [1.165, 1.54) is 10.4 Å². The molecule has 2 aromatic rings. The number of pyridine rings is 1. The predicted octanol–water partition coefficient (Wildman–Crippen LogP) is 3.89. The van der Waals surface area contributed by atoms with Crippen molar-refractivity contribution >= 4 is 39.1 Å². The summed E-state index contributed by atoms with van der Waals surface area (Å²) in [4.78, 5) is 17.3. The molecular weight excluding hydrogens is 445 g/mol. The van der Waals surface area contributed by atoms with Crippen LogP contribution in [0.2, 0.25) is 10.0 Å². The maximum Gasteiger partial charge on any atom is 0.252 e. The predicted molar refractivity (Wildman–Crippen MR) is 120 cm³/mol. The molecule has 6 nitrogen and oxygen atoms in total. The van der Waals surface area contributed by atoms with Gasteiger partial charge in [0, 0.05) is 42.0 Å². The lowest BCUT2D eigenvalue weighted by Crippen LogP contribution is -2.51. The van der Waals surface area contributed by atoms with Gasteiger partial charge in [-0.05, 0) is 57.0 Å². The number of piperidine rings is 1. The molecule has 1 amide bonds. The summed E-state index contributed by atoms with van der Waals surface area (Å²) in [5.41, 5.74) is 0.727. The van der Waals surface area contributed by atoms with Gasteiger partial charge in [0.25, 0.3) is 5.91 Å². The fourth-order valence-corrected chi connectivity index (χ4v) is 5.47. The number of nitrogens with zero attached hydrogens (tertiary/aromatic N) is 2. The minimum Gasteiger partial charge on any atom is -0.351 e. The molecule has 0 aliphatic carbocycles. The largest absolute Gasteiger partial charge is 0.351 e. The Morgan fingerprint density at radius 1 is 1.20 bits per heavy atom. The molecule has 30 heavy (non-hydrogen) atoms. The Labute approximate surface area is 187 Å². The number of hydrogen-bond donors (Lipinski definition) is 1. The number of carbonyl (C=O) groups is 1. The Bertz CT molecular complexity index is 1010. The average Bonchev–Trinajstić information content (AvgIpc) is 2.73. The number of sulfonamides is 1. The van der Waals surface area contributed by atoms with Crippen molar-refractivity contribution in [2.75, 3.05) is 19.6 Å². The van der Waals surface area contributed by atoms with E-state index in [1.807, 2.05) is 18.2 Å². The number of carbonyl (C=O) groups excluding carboxylic acids is 1. The van der Waals surface area contributed by atoms with Crippen LogP contribution in [0.15, 0.2) is 42.6 Å². The maximum absolute atomic E-state index is 12.7. The molecule has 3 rings (SSSR count). The molecule has 0 saturated carbocycles. The Kier molecular flexibility index (Phi) is 7.07. The molecule has 1 saturated heterocycles. The van der Waals surface area contributed by atoms with Crippen LogP contribution in [0.5, 0.6) is 0 Å². The van der Waals surface area contributed by atoms with Gasteiger partial charge in [-0.15, -0.1) is 0 Å². The number of aromatic nitrogens is 1. The second-order valence-electron chi connectivity index (χ2n) is 7.79. The average molecular weight is 470 g/mol. The van der Waals surface area contributed by atoms with Crippen LogP contribution in [0.3, 0.4) is 0 Å². The van der Waals surface area contributed by atoms with Crippen LogP contribution in [-0.4, -0.2) is 48.5 Å². The summed E-state index contributed by atoms with van der Waals surface area (Å²) in [6.45, 7) is 4.47. The molecule has 0 spiro atoms. The number of benzene rings is 1. The van der Waals surface area contributed by atoms with E-state index in [2.05, 4.69) is 10.3 Å². The molecule has 1 fully saturated rings. The van der Waals surface area contributed by atoms with Gasteiger partial charge in [0.2, 0.25) is 10.0 Å². The van der Waals surface area contributed by atoms with Crippen LogP contribution >= 0.6 is 23.2 Å². The Balaban J connectivity index is 1.80. The molecule has 0 atom stereocenters. The monoisotopic (exact) mass is 469 g/mol. The highest BCUT2D eigenvalue weighted by molar-refractivity contribution is 7.89. The van der Waals surface area contributed by atoms with Crippen molar-refractivity contribution in [1.82, 2.24) is 14.6 Å². The molecule has 0 unspecified atom stereocenters. The molecule has 0 radical (unpaired) electrons. The van der Waals surface area contributed by atoms with Crippen LogP contribution in [0.25, 0.3) is 0 Å². The van der Waals surface area contributed by atoms with Gasteiger partial charge >= 0.3 is 0 Å². The van der Waals surface area contributed by atoms with Gasteiger partial charge < -0.3 is 5.32 Å². The third-order valence-corrected chi connectivity index (χ3v) is 8.43. The summed E-state index contributed by atoms with van der Waals surface area (Å²) < 4.78 is 26.7. The van der Waals surface area contributed by atoms with Crippen molar-refractivity contribution < 1.29 is 13.2 Å². The van der Waals surface area contributed by atoms with E-state index in [1.54, 1.807) is 32.2 Å². The first-order valence-corrected chi connectivity index (χ1v) is 12.1. The van der Waals surface area contributed by atoms with Crippen molar-refractivity contribution in [2.45, 2.75) is 37.4 Å². The normalized spacial score (nSPS) is 17.1. The van der Waals surface area contributed by atoms with Gasteiger partial charge in [0.1, 0.15) is 0 Å². The zero-order valence-electron chi connectivity index (χ0n) is 16.9.